The number of ether oxygens (including phenoxy) is 2. The number of esters is 1. The van der Waals surface area contributed by atoms with Gasteiger partial charge in [-0.15, -0.1) is 5.10 Å². The molecule has 44 heavy (non-hydrogen) atoms. The molecule has 0 saturated carbocycles. The van der Waals surface area contributed by atoms with Crippen molar-refractivity contribution in [2.45, 2.75) is 66.2 Å². The molecule has 0 fully saturated rings. The number of hydrogen-bond donors (Lipinski definition) is 0. The summed E-state index contributed by atoms with van der Waals surface area (Å²) < 4.78 is 13.7. The Kier molecular flexibility index (Phi) is 7.93. The van der Waals surface area contributed by atoms with Crippen LogP contribution in [-0.4, -0.2) is 45.6 Å². The molecule has 0 aliphatic carbocycles. The maximum atomic E-state index is 13.3. The molecule has 0 saturated heterocycles. The smallest absolute Gasteiger partial charge is 0.312 e. The maximum Gasteiger partial charge on any atom is 0.312 e. The Hall–Kier alpha value is -4.23. The van der Waals surface area contributed by atoms with Crippen molar-refractivity contribution < 1.29 is 14.3 Å². The van der Waals surface area contributed by atoms with Gasteiger partial charge in [0, 0.05) is 38.2 Å². The van der Waals surface area contributed by atoms with Crippen LogP contribution in [0, 0.1) is 19.3 Å². The van der Waals surface area contributed by atoms with Crippen molar-refractivity contribution in [3.63, 3.8) is 0 Å². The van der Waals surface area contributed by atoms with Crippen molar-refractivity contribution in [1.29, 1.82) is 0 Å². The molecule has 0 bridgehead atoms. The minimum Gasteiger partial charge on any atom is -0.489 e. The Morgan fingerprint density at radius 1 is 1.09 bits per heavy atom. The molecule has 4 aromatic carbocycles. The van der Waals surface area contributed by atoms with E-state index < -0.39 is 5.41 Å². The SMILES string of the molecule is CC[C@@H]1CN(Cc2cc(C(c3ccc4c(nnn4C)c3C)C(C)(C)C(=O)OC)ccc2C)Cc2c(ccc3ccccc23)O1. The number of benzene rings is 4. The fraction of sp³-hybridized carbons (Fsp3) is 0.378. The molecule has 2 heterocycles. The van der Waals surface area contributed by atoms with E-state index >= 15 is 0 Å². The Balaban J connectivity index is 1.42. The van der Waals surface area contributed by atoms with Gasteiger partial charge < -0.3 is 9.47 Å². The first-order valence-electron chi connectivity index (χ1n) is 15.5. The number of carbonyl (C=O) groups is 1. The highest BCUT2D eigenvalue weighted by Crippen LogP contribution is 2.45. The highest BCUT2D eigenvalue weighted by Gasteiger charge is 2.41. The fourth-order valence-corrected chi connectivity index (χ4v) is 6.92. The lowest BCUT2D eigenvalue weighted by atomic mass is 9.69. The maximum absolute atomic E-state index is 13.3. The van der Waals surface area contributed by atoms with Crippen molar-refractivity contribution in [1.82, 2.24) is 19.9 Å². The van der Waals surface area contributed by atoms with Crippen LogP contribution in [0.15, 0.2) is 66.7 Å². The van der Waals surface area contributed by atoms with Gasteiger partial charge in [-0.2, -0.15) is 0 Å². The van der Waals surface area contributed by atoms with Crippen LogP contribution in [0.25, 0.3) is 21.8 Å². The van der Waals surface area contributed by atoms with E-state index in [0.29, 0.717) is 0 Å². The van der Waals surface area contributed by atoms with Crippen molar-refractivity contribution in [3.8, 4) is 5.75 Å². The molecule has 7 nitrogen and oxygen atoms in total. The van der Waals surface area contributed by atoms with Crippen LogP contribution in [0.3, 0.4) is 0 Å². The van der Waals surface area contributed by atoms with Crippen LogP contribution in [0.5, 0.6) is 5.75 Å². The molecule has 2 atom stereocenters. The summed E-state index contributed by atoms with van der Waals surface area (Å²) in [7, 11) is 3.36. The van der Waals surface area contributed by atoms with E-state index in [1.54, 1.807) is 4.68 Å². The number of aromatic nitrogens is 3. The second-order valence-corrected chi connectivity index (χ2v) is 12.8. The monoisotopic (exact) mass is 590 g/mol. The summed E-state index contributed by atoms with van der Waals surface area (Å²) in [6, 6.07) is 23.7. The molecule has 228 valence electrons. The Bertz CT molecular complexity index is 1860. The van der Waals surface area contributed by atoms with Gasteiger partial charge in [-0.25, -0.2) is 4.68 Å². The Morgan fingerprint density at radius 3 is 2.66 bits per heavy atom. The van der Waals surface area contributed by atoms with Crippen molar-refractivity contribution in [2.24, 2.45) is 12.5 Å². The summed E-state index contributed by atoms with van der Waals surface area (Å²) in [5, 5.41) is 11.2. The van der Waals surface area contributed by atoms with Crippen molar-refractivity contribution >= 4 is 27.8 Å². The van der Waals surface area contributed by atoms with E-state index in [2.05, 4.69) is 103 Å². The van der Waals surface area contributed by atoms with E-state index in [1.807, 2.05) is 20.9 Å². The number of aryl methyl sites for hydroxylation is 3. The Morgan fingerprint density at radius 2 is 1.89 bits per heavy atom. The number of carbonyl (C=O) groups excluding carboxylic acids is 1. The molecule has 7 heteroatoms. The average Bonchev–Trinajstić information content (AvgIpc) is 3.30. The fourth-order valence-electron chi connectivity index (χ4n) is 6.92. The van der Waals surface area contributed by atoms with Gasteiger partial charge in [-0.1, -0.05) is 66.7 Å². The number of fused-ring (bicyclic) bond motifs is 4. The summed E-state index contributed by atoms with van der Waals surface area (Å²) in [6.07, 6.45) is 1.04. The number of hydrogen-bond acceptors (Lipinski definition) is 6. The third-order valence-electron chi connectivity index (χ3n) is 9.51. The molecule has 5 aromatic rings. The molecule has 0 radical (unpaired) electrons. The van der Waals surface area contributed by atoms with Gasteiger partial charge in [0.05, 0.1) is 18.0 Å². The zero-order valence-corrected chi connectivity index (χ0v) is 26.8. The van der Waals surface area contributed by atoms with E-state index in [-0.39, 0.29) is 18.0 Å². The van der Waals surface area contributed by atoms with Gasteiger partial charge in [0.2, 0.25) is 0 Å². The highest BCUT2D eigenvalue weighted by atomic mass is 16.5. The first-order valence-corrected chi connectivity index (χ1v) is 15.5. The second-order valence-electron chi connectivity index (χ2n) is 12.8. The second kappa shape index (κ2) is 11.7. The van der Waals surface area contributed by atoms with Crippen molar-refractivity contribution in [2.75, 3.05) is 13.7 Å². The van der Waals surface area contributed by atoms with Gasteiger partial charge in [-0.3, -0.25) is 9.69 Å². The number of rotatable bonds is 7. The van der Waals surface area contributed by atoms with Gasteiger partial charge in [0.1, 0.15) is 17.4 Å². The van der Waals surface area contributed by atoms with E-state index in [9.17, 15) is 4.79 Å². The predicted octanol–water partition coefficient (Wildman–Crippen LogP) is 7.24. The number of methoxy groups -OCH3 is 1. The van der Waals surface area contributed by atoms with Gasteiger partial charge in [-0.05, 0) is 84.8 Å². The molecule has 1 unspecified atom stereocenters. The van der Waals surface area contributed by atoms with Crippen molar-refractivity contribution in [3.05, 3.63) is 100 Å². The molecule has 0 N–H and O–H groups in total. The molecular weight excluding hydrogens is 548 g/mol. The van der Waals surface area contributed by atoms with Gasteiger partial charge in [0.25, 0.3) is 0 Å². The summed E-state index contributed by atoms with van der Waals surface area (Å²) in [5.74, 6) is 0.488. The number of nitrogens with zero attached hydrogens (tertiary/aromatic N) is 4. The zero-order valence-electron chi connectivity index (χ0n) is 26.8. The molecule has 0 amide bonds. The zero-order chi connectivity index (χ0) is 31.2. The van der Waals surface area contributed by atoms with Crippen LogP contribution in [-0.2, 0) is 29.7 Å². The topological polar surface area (TPSA) is 69.5 Å². The highest BCUT2D eigenvalue weighted by molar-refractivity contribution is 5.88. The lowest BCUT2D eigenvalue weighted by Gasteiger charge is -2.34. The quantitative estimate of drug-likeness (QED) is 0.186. The van der Waals surface area contributed by atoms with Crippen LogP contribution in [0.2, 0.25) is 0 Å². The van der Waals surface area contributed by atoms with Gasteiger partial charge in [0.15, 0.2) is 0 Å². The summed E-state index contributed by atoms with van der Waals surface area (Å²) >= 11 is 0. The minimum absolute atomic E-state index is 0.105. The summed E-state index contributed by atoms with van der Waals surface area (Å²) in [4.78, 5) is 15.8. The summed E-state index contributed by atoms with van der Waals surface area (Å²) in [5.41, 5.74) is 7.85. The molecule has 1 aliphatic heterocycles. The van der Waals surface area contributed by atoms with E-state index in [4.69, 9.17) is 9.47 Å². The predicted molar refractivity (Wildman–Crippen MR) is 175 cm³/mol. The minimum atomic E-state index is -0.830. The normalized spacial score (nSPS) is 16.4. The molecular formula is C37H42N4O3. The lowest BCUT2D eigenvalue weighted by molar-refractivity contribution is -0.151. The average molecular weight is 591 g/mol. The largest absolute Gasteiger partial charge is 0.489 e. The first kappa shape index (κ1) is 29.8. The van der Waals surface area contributed by atoms with Crippen LogP contribution in [0.4, 0.5) is 0 Å². The van der Waals surface area contributed by atoms with Crippen LogP contribution >= 0.6 is 0 Å². The molecule has 6 rings (SSSR count). The lowest BCUT2D eigenvalue weighted by Crippen LogP contribution is -2.34. The third kappa shape index (κ3) is 5.23. The van der Waals surface area contributed by atoms with Crippen LogP contribution < -0.4 is 4.74 Å². The standard InChI is InChI=1S/C37H42N4O3/c1-8-28-21-41(22-31-30-12-10-9-11-25(30)15-18-33(31)44-28)20-27-19-26(14-13-23(27)2)34(37(4,5)36(42)43-7)29-16-17-32-35(24(29)3)38-39-40(32)6/h9-19,28,34H,8,20-22H2,1-7H3/t28-,34?/m1/s1. The third-order valence-corrected chi connectivity index (χ3v) is 9.51. The van der Waals surface area contributed by atoms with E-state index in [0.717, 1.165) is 59.5 Å². The molecule has 0 spiro atoms. The van der Waals surface area contributed by atoms with Gasteiger partial charge >= 0.3 is 5.97 Å². The Labute approximate surface area is 259 Å². The van der Waals surface area contributed by atoms with E-state index in [1.165, 1.54) is 34.6 Å². The van der Waals surface area contributed by atoms with Crippen LogP contribution in [0.1, 0.15) is 66.5 Å². The molecule has 1 aromatic heterocycles. The first-order chi connectivity index (χ1) is 21.1. The summed E-state index contributed by atoms with van der Waals surface area (Å²) in [6.45, 7) is 12.8. The molecule has 1 aliphatic rings.